The average Bonchev–Trinajstić information content (AvgIpc) is 2.93. The van der Waals surface area contributed by atoms with Crippen LogP contribution in [0, 0.1) is 11.8 Å². The molecule has 0 radical (unpaired) electrons. The second kappa shape index (κ2) is 26.5. The molecule has 0 aromatic rings. The number of thiol groups is 1. The molecule has 0 saturated heterocycles. The first-order valence-electron chi connectivity index (χ1n) is 17.3. The summed E-state index contributed by atoms with van der Waals surface area (Å²) in [4.78, 5) is 14.0. The molecule has 0 aliphatic carbocycles. The summed E-state index contributed by atoms with van der Waals surface area (Å²) in [5.41, 5.74) is 0. The van der Waals surface area contributed by atoms with E-state index in [4.69, 9.17) is 17.4 Å². The molecule has 0 aromatic carbocycles. The molecule has 0 bridgehead atoms. The molecule has 3 atom stereocenters. The summed E-state index contributed by atoms with van der Waals surface area (Å²) in [7, 11) is 0. The standard InChI is InChI=1S/C18H35O2S.2C8H17.Sn.H/c1-5-9-11-15(7-3)13-17(21)18(19)20-14-16(8-4)12-10-6-2;2*1-3-5-7-8-6-4-2;;/h15-16,21H,5-14H2,1-4H3;2*1,3-8H2,2H3;;. The first kappa shape index (κ1) is 38.6. The Morgan fingerprint density at radius 3 is 1.50 bits per heavy atom. The van der Waals surface area contributed by atoms with Gasteiger partial charge in [-0.1, -0.05) is 0 Å². The second-order valence-electron chi connectivity index (χ2n) is 12.4. The van der Waals surface area contributed by atoms with Crippen molar-refractivity contribution in [2.24, 2.45) is 11.8 Å². The number of rotatable bonds is 28. The summed E-state index contributed by atoms with van der Waals surface area (Å²) in [5, 5.41) is 0. The van der Waals surface area contributed by atoms with Crippen molar-refractivity contribution in [1.29, 1.82) is 0 Å². The summed E-state index contributed by atoms with van der Waals surface area (Å²) >= 11 is 3.11. The minimum atomic E-state index is -2.35. The molecule has 4 heteroatoms. The normalized spacial score (nSPS) is 14.9. The zero-order valence-corrected chi connectivity index (χ0v) is 31.2. The molecule has 0 aliphatic rings. The van der Waals surface area contributed by atoms with Crippen LogP contribution in [0.25, 0.3) is 0 Å². The molecular weight excluding hydrogens is 591 g/mol. The Kier molecular flexibility index (Phi) is 26.9. The van der Waals surface area contributed by atoms with Crippen LogP contribution in [0.2, 0.25) is 8.87 Å². The van der Waals surface area contributed by atoms with E-state index in [1.54, 1.807) is 0 Å². The summed E-state index contributed by atoms with van der Waals surface area (Å²) in [6, 6.07) is 0. The minimum absolute atomic E-state index is 0.0866. The van der Waals surface area contributed by atoms with E-state index < -0.39 is 22.5 Å². The Labute approximate surface area is 253 Å². The van der Waals surface area contributed by atoms with Gasteiger partial charge in [-0.05, 0) is 0 Å². The van der Waals surface area contributed by atoms with Gasteiger partial charge in [0, 0.05) is 0 Å². The second-order valence-corrected chi connectivity index (χ2v) is 24.6. The first-order chi connectivity index (χ1) is 18.4. The van der Waals surface area contributed by atoms with Gasteiger partial charge in [-0.3, -0.25) is 0 Å². The number of esters is 1. The Balaban J connectivity index is 5.62. The van der Waals surface area contributed by atoms with Crippen molar-refractivity contribution >= 4 is 38.4 Å². The molecule has 0 saturated carbocycles. The number of hydrogen-bond donors (Lipinski definition) is 1. The quantitative estimate of drug-likeness (QED) is 0.0391. The van der Waals surface area contributed by atoms with Crippen LogP contribution in [0.5, 0.6) is 0 Å². The molecule has 38 heavy (non-hydrogen) atoms. The van der Waals surface area contributed by atoms with Gasteiger partial charge in [0.15, 0.2) is 0 Å². The van der Waals surface area contributed by atoms with Gasteiger partial charge in [0.25, 0.3) is 0 Å². The SMILES string of the molecule is CCCCCCC[CH2][SnH]([CH2]CCCCCCC)[C](S)(CC(CC)CCCC)C(=O)OCC(CC)CCCC. The van der Waals surface area contributed by atoms with Crippen LogP contribution in [0.3, 0.4) is 0 Å². The Hall–Kier alpha value is 0.619. The van der Waals surface area contributed by atoms with Crippen molar-refractivity contribution in [1.82, 2.24) is 0 Å². The van der Waals surface area contributed by atoms with Crippen LogP contribution in [-0.2, 0) is 9.53 Å². The van der Waals surface area contributed by atoms with Gasteiger partial charge in [-0.2, -0.15) is 0 Å². The number of carbonyl (C=O) groups is 1. The van der Waals surface area contributed by atoms with Gasteiger partial charge in [0.1, 0.15) is 0 Å². The zero-order chi connectivity index (χ0) is 28.5. The maximum atomic E-state index is 14.0. The molecule has 3 unspecified atom stereocenters. The van der Waals surface area contributed by atoms with E-state index in [-0.39, 0.29) is 5.97 Å². The van der Waals surface area contributed by atoms with E-state index in [9.17, 15) is 4.79 Å². The number of hydrogen-bond acceptors (Lipinski definition) is 3. The fourth-order valence-electron chi connectivity index (χ4n) is 5.98. The van der Waals surface area contributed by atoms with Crippen molar-refractivity contribution in [3.8, 4) is 0 Å². The van der Waals surface area contributed by atoms with Crippen LogP contribution in [-0.4, -0.2) is 35.1 Å². The molecule has 0 rings (SSSR count). The number of carbonyl (C=O) groups excluding carboxylic acids is 1. The van der Waals surface area contributed by atoms with Crippen LogP contribution < -0.4 is 0 Å². The topological polar surface area (TPSA) is 26.3 Å². The van der Waals surface area contributed by atoms with Crippen LogP contribution in [0.4, 0.5) is 0 Å². The van der Waals surface area contributed by atoms with Gasteiger partial charge >= 0.3 is 254 Å². The van der Waals surface area contributed by atoms with Crippen molar-refractivity contribution in [2.75, 3.05) is 6.61 Å². The van der Waals surface area contributed by atoms with E-state index in [2.05, 4.69) is 41.5 Å². The summed E-state index contributed by atoms with van der Waals surface area (Å²) < 4.78 is 8.47. The van der Waals surface area contributed by atoms with Crippen molar-refractivity contribution < 1.29 is 9.53 Å². The van der Waals surface area contributed by atoms with Crippen molar-refractivity contribution in [2.45, 2.75) is 188 Å². The molecule has 0 amide bonds. The molecule has 0 N–H and O–H groups in total. The molecular formula is C34H70O2SSn. The Morgan fingerprint density at radius 1 is 0.632 bits per heavy atom. The van der Waals surface area contributed by atoms with E-state index in [1.807, 2.05) is 0 Å². The van der Waals surface area contributed by atoms with E-state index in [0.29, 0.717) is 18.4 Å². The third-order valence-corrected chi connectivity index (χ3v) is 23.3. The third kappa shape index (κ3) is 18.1. The van der Waals surface area contributed by atoms with Crippen LogP contribution in [0.15, 0.2) is 0 Å². The Bertz CT molecular complexity index is 513. The number of unbranched alkanes of at least 4 members (excludes halogenated alkanes) is 12. The predicted molar refractivity (Wildman–Crippen MR) is 177 cm³/mol. The number of ether oxygens (including phenoxy) is 1. The summed E-state index contributed by atoms with van der Waals surface area (Å²) in [5.74, 6) is 1.20. The van der Waals surface area contributed by atoms with Gasteiger partial charge in [-0.15, -0.1) is 0 Å². The molecule has 0 aromatic heterocycles. The van der Waals surface area contributed by atoms with Gasteiger partial charge in [0.2, 0.25) is 0 Å². The van der Waals surface area contributed by atoms with Crippen molar-refractivity contribution in [3.05, 3.63) is 0 Å². The summed E-state index contributed by atoms with van der Waals surface area (Å²) in [6.45, 7) is 14.3. The fourth-order valence-corrected chi connectivity index (χ4v) is 19.1. The Morgan fingerprint density at radius 2 is 1.05 bits per heavy atom. The van der Waals surface area contributed by atoms with E-state index in [1.165, 1.54) is 124 Å². The van der Waals surface area contributed by atoms with Crippen molar-refractivity contribution in [3.63, 3.8) is 0 Å². The summed E-state index contributed by atoms with van der Waals surface area (Å²) in [6.07, 6.45) is 26.7. The molecule has 228 valence electrons. The zero-order valence-electron chi connectivity index (χ0n) is 27.0. The predicted octanol–water partition coefficient (Wildman–Crippen LogP) is 11.5. The van der Waals surface area contributed by atoms with Gasteiger partial charge < -0.3 is 0 Å². The van der Waals surface area contributed by atoms with Gasteiger partial charge in [-0.25, -0.2) is 0 Å². The third-order valence-electron chi connectivity index (χ3n) is 8.98. The molecule has 0 spiro atoms. The fraction of sp³-hybridized carbons (Fsp3) is 0.971. The molecule has 2 nitrogen and oxygen atoms in total. The molecule has 0 heterocycles. The molecule has 0 fully saturated rings. The maximum absolute atomic E-state index is 14.0. The van der Waals surface area contributed by atoms with Crippen LogP contribution >= 0.6 is 12.6 Å². The van der Waals surface area contributed by atoms with Crippen LogP contribution in [0.1, 0.15) is 176 Å². The monoisotopic (exact) mass is 662 g/mol. The molecule has 0 aliphatic heterocycles. The van der Waals surface area contributed by atoms with E-state index in [0.717, 1.165) is 19.3 Å². The van der Waals surface area contributed by atoms with Gasteiger partial charge in [0.05, 0.1) is 0 Å². The average molecular weight is 662 g/mol. The van der Waals surface area contributed by atoms with E-state index >= 15 is 0 Å². The first-order valence-corrected chi connectivity index (χ1v) is 24.1.